The Balaban J connectivity index is 1.00. The first-order valence-electron chi connectivity index (χ1n) is 16.4. The Kier molecular flexibility index (Phi) is 9.27. The molecule has 47 heavy (non-hydrogen) atoms. The summed E-state index contributed by atoms with van der Waals surface area (Å²) in [6, 6.07) is 27.8. The van der Waals surface area contributed by atoms with Crippen LogP contribution in [-0.2, 0) is 20.9 Å². The maximum Gasteiger partial charge on any atom is 0.250 e. The summed E-state index contributed by atoms with van der Waals surface area (Å²) in [5, 5.41) is 6.02. The summed E-state index contributed by atoms with van der Waals surface area (Å²) in [6.45, 7) is 8.58. The minimum Gasteiger partial charge on any atom is -0.379 e. The van der Waals surface area contributed by atoms with E-state index in [1.807, 2.05) is 6.07 Å². The highest BCUT2D eigenvalue weighted by Gasteiger charge is 2.38. The molecule has 1 aromatic heterocycles. The van der Waals surface area contributed by atoms with E-state index in [1.165, 1.54) is 25.1 Å². The van der Waals surface area contributed by atoms with Crippen LogP contribution in [0.5, 0.6) is 0 Å². The van der Waals surface area contributed by atoms with Gasteiger partial charge in [0.05, 0.1) is 44.8 Å². The Morgan fingerprint density at radius 1 is 0.809 bits per heavy atom. The monoisotopic (exact) mass is 669 g/mol. The van der Waals surface area contributed by atoms with Crippen LogP contribution in [0.25, 0.3) is 11.3 Å². The number of hydrogen-bond acceptors (Lipinski definition) is 10. The number of hydroxylamine groups is 2. The predicted molar refractivity (Wildman–Crippen MR) is 187 cm³/mol. The fourth-order valence-corrected chi connectivity index (χ4v) is 9.23. The summed E-state index contributed by atoms with van der Waals surface area (Å²) >= 11 is 3.57. The molecule has 244 valence electrons. The van der Waals surface area contributed by atoms with Gasteiger partial charge in [-0.25, -0.2) is 0 Å². The first-order chi connectivity index (χ1) is 23.2. The summed E-state index contributed by atoms with van der Waals surface area (Å²) in [5.74, 6) is 0. The van der Waals surface area contributed by atoms with E-state index < -0.39 is 0 Å². The van der Waals surface area contributed by atoms with E-state index in [9.17, 15) is 4.79 Å². The van der Waals surface area contributed by atoms with Gasteiger partial charge in [0.15, 0.2) is 0 Å². The number of nitrogens with one attached hydrogen (secondary N) is 2. The highest BCUT2D eigenvalue weighted by molar-refractivity contribution is 8.05. The van der Waals surface area contributed by atoms with E-state index in [4.69, 9.17) is 14.3 Å². The van der Waals surface area contributed by atoms with E-state index in [2.05, 4.69) is 91.9 Å². The molecule has 9 nitrogen and oxygen atoms in total. The summed E-state index contributed by atoms with van der Waals surface area (Å²) in [5.41, 5.74) is 5.05. The molecule has 0 aliphatic carbocycles. The number of morpholine rings is 2. The summed E-state index contributed by atoms with van der Waals surface area (Å²) in [7, 11) is 0. The lowest BCUT2D eigenvalue weighted by Crippen LogP contribution is -2.50. The fourth-order valence-electron chi connectivity index (χ4n) is 6.81. The molecule has 0 radical (unpaired) electrons. The SMILES string of the molecule is O=c1cc(N2CCOCC2)cc(-c2cccc3c2Sc2ccc(NC4CN(OCc5ccccc5)C[C@H]4N4CCOCC4)cc2S3)[nH]1. The number of H-pyrrole nitrogens is 1. The van der Waals surface area contributed by atoms with Crippen LogP contribution in [0.15, 0.2) is 103 Å². The second kappa shape index (κ2) is 14.1. The fraction of sp³-hybridized carbons (Fsp3) is 0.361. The normalized spacial score (nSPS) is 21.7. The molecule has 4 aliphatic rings. The van der Waals surface area contributed by atoms with Crippen LogP contribution in [0.1, 0.15) is 5.56 Å². The third-order valence-corrected chi connectivity index (χ3v) is 11.8. The van der Waals surface area contributed by atoms with Crippen molar-refractivity contribution in [3.05, 3.63) is 94.8 Å². The molecule has 8 rings (SSSR count). The predicted octanol–water partition coefficient (Wildman–Crippen LogP) is 5.42. The number of fused-ring (bicyclic) bond motifs is 2. The molecule has 4 aromatic rings. The van der Waals surface area contributed by atoms with Crippen molar-refractivity contribution in [2.24, 2.45) is 0 Å². The van der Waals surface area contributed by atoms with Crippen molar-refractivity contribution in [2.45, 2.75) is 38.3 Å². The Morgan fingerprint density at radius 2 is 1.62 bits per heavy atom. The van der Waals surface area contributed by atoms with Crippen molar-refractivity contribution in [2.75, 3.05) is 75.9 Å². The molecule has 3 aromatic carbocycles. The second-order valence-corrected chi connectivity index (χ2v) is 14.4. The first-order valence-corrected chi connectivity index (χ1v) is 18.0. The molecule has 0 spiro atoms. The minimum absolute atomic E-state index is 0.0856. The van der Waals surface area contributed by atoms with Gasteiger partial charge >= 0.3 is 0 Å². The number of rotatable bonds is 8. The van der Waals surface area contributed by atoms with Crippen LogP contribution in [0.4, 0.5) is 11.4 Å². The van der Waals surface area contributed by atoms with Crippen LogP contribution in [0.3, 0.4) is 0 Å². The number of anilines is 2. The van der Waals surface area contributed by atoms with Crippen molar-refractivity contribution in [3.8, 4) is 11.3 Å². The van der Waals surface area contributed by atoms with Crippen molar-refractivity contribution < 1.29 is 14.3 Å². The number of nitrogens with zero attached hydrogens (tertiary/aromatic N) is 3. The zero-order chi connectivity index (χ0) is 31.6. The highest BCUT2D eigenvalue weighted by atomic mass is 32.2. The van der Waals surface area contributed by atoms with E-state index >= 15 is 0 Å². The summed E-state index contributed by atoms with van der Waals surface area (Å²) < 4.78 is 11.2. The number of aromatic nitrogens is 1. The lowest BCUT2D eigenvalue weighted by atomic mass is 10.1. The Hall–Kier alpha value is -3.29. The smallest absolute Gasteiger partial charge is 0.250 e. The molecule has 4 aliphatic heterocycles. The van der Waals surface area contributed by atoms with E-state index in [-0.39, 0.29) is 11.6 Å². The molecule has 3 saturated heterocycles. The molecule has 2 atom stereocenters. The molecular formula is C36H39N5O4S2. The third-order valence-electron chi connectivity index (χ3n) is 9.23. The van der Waals surface area contributed by atoms with Gasteiger partial charge in [-0.2, -0.15) is 5.06 Å². The second-order valence-electron chi connectivity index (χ2n) is 12.3. The number of pyridine rings is 1. The molecule has 3 fully saturated rings. The molecule has 0 saturated carbocycles. The molecule has 5 heterocycles. The minimum atomic E-state index is -0.0856. The van der Waals surface area contributed by atoms with Crippen molar-refractivity contribution in [1.29, 1.82) is 0 Å². The average molecular weight is 670 g/mol. The number of ether oxygens (including phenoxy) is 2. The standard InChI is InChI=1S/C36H39N5O4S2/c42-35-21-27(39-11-15-43-16-12-39)20-29(38-35)28-7-4-8-33-36(28)47-32-10-9-26(19-34(32)46-33)37-30-22-41(45-24-25-5-2-1-3-6-25)23-31(30)40-13-17-44-18-14-40/h1-10,19-21,30-31,37H,11-18,22-24H2,(H,38,42)/t30?,31-/m1/s1. The lowest BCUT2D eigenvalue weighted by molar-refractivity contribution is -0.157. The molecule has 11 heteroatoms. The maximum absolute atomic E-state index is 12.8. The third kappa shape index (κ3) is 6.98. The molecule has 0 amide bonds. The molecule has 2 N–H and O–H groups in total. The zero-order valence-corrected chi connectivity index (χ0v) is 27.9. The average Bonchev–Trinajstić information content (AvgIpc) is 3.53. The van der Waals surface area contributed by atoms with Gasteiger partial charge in [0.1, 0.15) is 0 Å². The maximum atomic E-state index is 12.8. The van der Waals surface area contributed by atoms with Crippen molar-refractivity contribution in [3.63, 3.8) is 0 Å². The van der Waals surface area contributed by atoms with Gasteiger partial charge in [-0.05, 0) is 35.9 Å². The zero-order valence-electron chi connectivity index (χ0n) is 26.2. The number of aromatic amines is 1. The number of hydrogen-bond donors (Lipinski definition) is 2. The van der Waals surface area contributed by atoms with Gasteiger partial charge in [-0.3, -0.25) is 14.5 Å². The highest BCUT2D eigenvalue weighted by Crippen LogP contribution is 2.52. The van der Waals surface area contributed by atoms with Crippen LogP contribution < -0.4 is 15.8 Å². The Bertz CT molecular complexity index is 1760. The first kappa shape index (κ1) is 31.0. The van der Waals surface area contributed by atoms with Crippen LogP contribution >= 0.6 is 23.5 Å². The summed E-state index contributed by atoms with van der Waals surface area (Å²) in [4.78, 5) is 31.8. The largest absolute Gasteiger partial charge is 0.379 e. The van der Waals surface area contributed by atoms with Gasteiger partial charge in [0.25, 0.3) is 0 Å². The van der Waals surface area contributed by atoms with E-state index in [1.54, 1.807) is 29.6 Å². The van der Waals surface area contributed by atoms with Gasteiger partial charge in [0.2, 0.25) is 5.56 Å². The van der Waals surface area contributed by atoms with Crippen LogP contribution in [0.2, 0.25) is 0 Å². The van der Waals surface area contributed by atoms with Gasteiger partial charge in [0, 0.05) is 87.9 Å². The Morgan fingerprint density at radius 3 is 2.45 bits per heavy atom. The molecule has 1 unspecified atom stereocenters. The van der Waals surface area contributed by atoms with E-state index in [0.717, 1.165) is 75.1 Å². The van der Waals surface area contributed by atoms with Gasteiger partial charge in [-0.1, -0.05) is 66.0 Å². The lowest BCUT2D eigenvalue weighted by Gasteiger charge is -2.35. The van der Waals surface area contributed by atoms with Crippen molar-refractivity contribution >= 4 is 34.9 Å². The van der Waals surface area contributed by atoms with Crippen LogP contribution in [0, 0.1) is 0 Å². The molecular weight excluding hydrogens is 631 g/mol. The van der Waals surface area contributed by atoms with Crippen molar-refractivity contribution in [1.82, 2.24) is 14.9 Å². The topological polar surface area (TPSA) is 82.3 Å². The number of benzene rings is 3. The van der Waals surface area contributed by atoms with Crippen LogP contribution in [-0.4, -0.2) is 92.7 Å². The van der Waals surface area contributed by atoms with Gasteiger partial charge in [-0.15, -0.1) is 0 Å². The Labute approximate surface area is 283 Å². The quantitative estimate of drug-likeness (QED) is 0.224. The van der Waals surface area contributed by atoms with E-state index in [0.29, 0.717) is 25.9 Å². The van der Waals surface area contributed by atoms with Gasteiger partial charge < -0.3 is 24.7 Å². The molecule has 0 bridgehead atoms. The summed E-state index contributed by atoms with van der Waals surface area (Å²) in [6.07, 6.45) is 0.